The van der Waals surface area contributed by atoms with Gasteiger partial charge in [0.2, 0.25) is 0 Å². The zero-order valence-electron chi connectivity index (χ0n) is 10.9. The molecule has 0 aliphatic carbocycles. The standard InChI is InChI=1S/C14H19N3O/c1-17(2)11-5-10-16-14(18)13-7-4-3-6-12(13)8-9-15/h3-4,6-7H,5,8,10-11H2,1-2H3,(H,16,18). The minimum Gasteiger partial charge on any atom is -0.352 e. The maximum Gasteiger partial charge on any atom is 0.251 e. The van der Waals surface area contributed by atoms with Gasteiger partial charge in [-0.1, -0.05) is 18.2 Å². The highest BCUT2D eigenvalue weighted by Gasteiger charge is 2.09. The number of nitrogens with zero attached hydrogens (tertiary/aromatic N) is 2. The first kappa shape index (κ1) is 14.2. The second-order valence-corrected chi connectivity index (χ2v) is 4.40. The number of amides is 1. The lowest BCUT2D eigenvalue weighted by atomic mass is 10.0. The highest BCUT2D eigenvalue weighted by atomic mass is 16.1. The average molecular weight is 245 g/mol. The van der Waals surface area contributed by atoms with E-state index in [2.05, 4.69) is 16.3 Å². The van der Waals surface area contributed by atoms with Crippen LogP contribution in [-0.4, -0.2) is 38.0 Å². The third-order valence-electron chi connectivity index (χ3n) is 2.60. The second kappa shape index (κ2) is 7.46. The maximum absolute atomic E-state index is 12.0. The van der Waals surface area contributed by atoms with Gasteiger partial charge < -0.3 is 10.2 Å². The van der Waals surface area contributed by atoms with Crippen molar-refractivity contribution in [3.8, 4) is 6.07 Å². The van der Waals surface area contributed by atoms with Crippen molar-refractivity contribution in [1.29, 1.82) is 5.26 Å². The average Bonchev–Trinajstić information content (AvgIpc) is 2.35. The molecule has 96 valence electrons. The SMILES string of the molecule is CN(C)CCCNC(=O)c1ccccc1CC#N. The number of hydrogen-bond acceptors (Lipinski definition) is 3. The van der Waals surface area contributed by atoms with Crippen LogP contribution >= 0.6 is 0 Å². The van der Waals surface area contributed by atoms with Crippen LogP contribution in [0, 0.1) is 11.3 Å². The number of carbonyl (C=O) groups excluding carboxylic acids is 1. The summed E-state index contributed by atoms with van der Waals surface area (Å²) in [4.78, 5) is 14.0. The summed E-state index contributed by atoms with van der Waals surface area (Å²) in [5.41, 5.74) is 1.38. The van der Waals surface area contributed by atoms with Gasteiger partial charge in [-0.25, -0.2) is 0 Å². The highest BCUT2D eigenvalue weighted by molar-refractivity contribution is 5.95. The molecule has 1 N–H and O–H groups in total. The summed E-state index contributed by atoms with van der Waals surface area (Å²) in [6.07, 6.45) is 1.18. The van der Waals surface area contributed by atoms with E-state index in [1.165, 1.54) is 0 Å². The van der Waals surface area contributed by atoms with Gasteiger partial charge in [0.15, 0.2) is 0 Å². The fraction of sp³-hybridized carbons (Fsp3) is 0.429. The van der Waals surface area contributed by atoms with Crippen molar-refractivity contribution in [3.05, 3.63) is 35.4 Å². The van der Waals surface area contributed by atoms with E-state index >= 15 is 0 Å². The fourth-order valence-corrected chi connectivity index (χ4v) is 1.67. The monoisotopic (exact) mass is 245 g/mol. The predicted octanol–water partition coefficient (Wildman–Crippen LogP) is 1.43. The zero-order valence-corrected chi connectivity index (χ0v) is 10.9. The zero-order chi connectivity index (χ0) is 13.4. The van der Waals surface area contributed by atoms with E-state index in [-0.39, 0.29) is 12.3 Å². The van der Waals surface area contributed by atoms with Gasteiger partial charge in [0.05, 0.1) is 12.5 Å². The summed E-state index contributed by atoms with van der Waals surface area (Å²) >= 11 is 0. The summed E-state index contributed by atoms with van der Waals surface area (Å²) in [6.45, 7) is 1.60. The molecular weight excluding hydrogens is 226 g/mol. The predicted molar refractivity (Wildman–Crippen MR) is 71.3 cm³/mol. The lowest BCUT2D eigenvalue weighted by molar-refractivity contribution is 0.0951. The largest absolute Gasteiger partial charge is 0.352 e. The number of nitrogens with one attached hydrogen (secondary N) is 1. The molecule has 1 amide bonds. The van der Waals surface area contributed by atoms with Crippen molar-refractivity contribution in [2.75, 3.05) is 27.2 Å². The number of carbonyl (C=O) groups is 1. The van der Waals surface area contributed by atoms with Crippen LogP contribution in [0.2, 0.25) is 0 Å². The van der Waals surface area contributed by atoms with Crippen LogP contribution in [0.5, 0.6) is 0 Å². The molecule has 4 heteroatoms. The second-order valence-electron chi connectivity index (χ2n) is 4.40. The molecule has 1 aromatic carbocycles. The molecule has 0 saturated heterocycles. The molecule has 1 aromatic rings. The first-order chi connectivity index (χ1) is 8.65. The van der Waals surface area contributed by atoms with Gasteiger partial charge in [0.25, 0.3) is 5.91 Å². The number of nitriles is 1. The number of rotatable bonds is 6. The third-order valence-corrected chi connectivity index (χ3v) is 2.60. The minimum atomic E-state index is -0.0976. The van der Waals surface area contributed by atoms with E-state index in [0.29, 0.717) is 12.1 Å². The van der Waals surface area contributed by atoms with Gasteiger partial charge in [0.1, 0.15) is 0 Å². The molecule has 0 radical (unpaired) electrons. The molecule has 4 nitrogen and oxygen atoms in total. The Hall–Kier alpha value is -1.86. The Kier molecular flexibility index (Phi) is 5.89. The molecule has 0 fully saturated rings. The summed E-state index contributed by atoms with van der Waals surface area (Å²) in [5.74, 6) is -0.0976. The van der Waals surface area contributed by atoms with Crippen LogP contribution in [0.3, 0.4) is 0 Å². The maximum atomic E-state index is 12.0. The van der Waals surface area contributed by atoms with Crippen LogP contribution in [0.15, 0.2) is 24.3 Å². The van der Waals surface area contributed by atoms with E-state index in [0.717, 1.165) is 18.5 Å². The van der Waals surface area contributed by atoms with Crippen LogP contribution in [0.1, 0.15) is 22.3 Å². The van der Waals surface area contributed by atoms with E-state index in [4.69, 9.17) is 5.26 Å². The summed E-state index contributed by atoms with van der Waals surface area (Å²) in [6, 6.07) is 9.31. The van der Waals surface area contributed by atoms with Gasteiger partial charge >= 0.3 is 0 Å². The Morgan fingerprint density at radius 2 is 2.11 bits per heavy atom. The van der Waals surface area contributed by atoms with Crippen molar-refractivity contribution in [3.63, 3.8) is 0 Å². The Bertz CT molecular complexity index is 435. The molecule has 0 saturated carbocycles. The highest BCUT2D eigenvalue weighted by Crippen LogP contribution is 2.09. The van der Waals surface area contributed by atoms with Crippen molar-refractivity contribution in [1.82, 2.24) is 10.2 Å². The summed E-state index contributed by atoms with van der Waals surface area (Å²) in [7, 11) is 4.01. The van der Waals surface area contributed by atoms with Crippen LogP contribution in [0.25, 0.3) is 0 Å². The summed E-state index contributed by atoms with van der Waals surface area (Å²) in [5, 5.41) is 11.6. The van der Waals surface area contributed by atoms with Crippen molar-refractivity contribution in [2.45, 2.75) is 12.8 Å². The number of benzene rings is 1. The lowest BCUT2D eigenvalue weighted by Gasteiger charge is -2.11. The first-order valence-corrected chi connectivity index (χ1v) is 6.03. The van der Waals surface area contributed by atoms with Crippen LogP contribution < -0.4 is 5.32 Å². The fourth-order valence-electron chi connectivity index (χ4n) is 1.67. The molecule has 0 aliphatic rings. The van der Waals surface area contributed by atoms with E-state index in [1.807, 2.05) is 32.3 Å². The van der Waals surface area contributed by atoms with E-state index in [1.54, 1.807) is 6.07 Å². The number of hydrogen-bond donors (Lipinski definition) is 1. The molecule has 0 aromatic heterocycles. The third kappa shape index (κ3) is 4.56. The normalized spacial score (nSPS) is 10.1. The molecule has 0 atom stereocenters. The lowest BCUT2D eigenvalue weighted by Crippen LogP contribution is -2.27. The Morgan fingerprint density at radius 3 is 2.78 bits per heavy atom. The first-order valence-electron chi connectivity index (χ1n) is 6.03. The van der Waals surface area contributed by atoms with Crippen LogP contribution in [-0.2, 0) is 6.42 Å². The molecule has 0 aliphatic heterocycles. The molecule has 18 heavy (non-hydrogen) atoms. The minimum absolute atomic E-state index is 0.0976. The van der Waals surface area contributed by atoms with Crippen molar-refractivity contribution >= 4 is 5.91 Å². The quantitative estimate of drug-likeness (QED) is 0.771. The molecule has 0 heterocycles. The van der Waals surface area contributed by atoms with Crippen molar-refractivity contribution < 1.29 is 4.79 Å². The van der Waals surface area contributed by atoms with Crippen LogP contribution in [0.4, 0.5) is 0 Å². The Balaban J connectivity index is 2.54. The topological polar surface area (TPSA) is 56.1 Å². The van der Waals surface area contributed by atoms with Gasteiger partial charge in [0, 0.05) is 12.1 Å². The Morgan fingerprint density at radius 1 is 1.39 bits per heavy atom. The molecule has 0 bridgehead atoms. The van der Waals surface area contributed by atoms with Gasteiger partial charge in [-0.2, -0.15) is 5.26 Å². The Labute approximate surface area is 108 Å². The molecule has 0 unspecified atom stereocenters. The smallest absolute Gasteiger partial charge is 0.251 e. The van der Waals surface area contributed by atoms with Crippen molar-refractivity contribution in [2.24, 2.45) is 0 Å². The van der Waals surface area contributed by atoms with Gasteiger partial charge in [-0.3, -0.25) is 4.79 Å². The molecule has 1 rings (SSSR count). The van der Waals surface area contributed by atoms with E-state index in [9.17, 15) is 4.79 Å². The molecular formula is C14H19N3O. The van der Waals surface area contributed by atoms with Gasteiger partial charge in [-0.15, -0.1) is 0 Å². The van der Waals surface area contributed by atoms with Gasteiger partial charge in [-0.05, 0) is 38.7 Å². The van der Waals surface area contributed by atoms with E-state index < -0.39 is 0 Å². The summed E-state index contributed by atoms with van der Waals surface area (Å²) < 4.78 is 0. The molecule has 0 spiro atoms.